The molecule has 0 unspecified atom stereocenters. The van der Waals surface area contributed by atoms with Crippen LogP contribution >= 0.6 is 0 Å². The van der Waals surface area contributed by atoms with Gasteiger partial charge in [0.05, 0.1) is 0 Å². The second kappa shape index (κ2) is 14.8. The van der Waals surface area contributed by atoms with E-state index in [-0.39, 0.29) is 5.41 Å². The first-order chi connectivity index (χ1) is 28.9. The van der Waals surface area contributed by atoms with Crippen molar-refractivity contribution in [3.05, 3.63) is 236 Å². The summed E-state index contributed by atoms with van der Waals surface area (Å²) in [5.41, 5.74) is 17.6. The van der Waals surface area contributed by atoms with Crippen LogP contribution in [-0.2, 0) is 5.41 Å². The minimum Gasteiger partial charge on any atom is -0.456 e. The molecule has 0 bridgehead atoms. The van der Waals surface area contributed by atoms with Gasteiger partial charge in [-0.2, -0.15) is 0 Å². The van der Waals surface area contributed by atoms with Crippen LogP contribution in [0.2, 0.25) is 0 Å². The molecule has 8 aromatic carbocycles. The standard InChI is InChI=1S/C57H43NO/c1-39-18-29-50(38-57(2,3)54-37-47(27-34-51(39)54)41-14-8-5-9-15-41)58(48-30-23-44(24-31-48)43-21-19-42(20-22-43)40-12-6-4-7-13-40)49-32-25-45(26-33-49)46-28-35-56-53(36-46)52-16-10-11-17-55(52)59-56/h4-38H,1H2,2-3H3/b29-18-,50-38?. The second-order valence-electron chi connectivity index (χ2n) is 16.0. The summed E-state index contributed by atoms with van der Waals surface area (Å²) in [5.74, 6) is 0. The van der Waals surface area contributed by atoms with E-state index in [1.54, 1.807) is 0 Å². The number of furan rings is 1. The van der Waals surface area contributed by atoms with Gasteiger partial charge in [-0.25, -0.2) is 0 Å². The molecule has 1 aliphatic rings. The molecular weight excluding hydrogens is 715 g/mol. The first kappa shape index (κ1) is 36.0. The van der Waals surface area contributed by atoms with Gasteiger partial charge < -0.3 is 9.32 Å². The van der Waals surface area contributed by atoms with Crippen molar-refractivity contribution in [2.45, 2.75) is 19.3 Å². The fraction of sp³-hybridized carbons (Fsp3) is 0.0526. The van der Waals surface area contributed by atoms with Crippen LogP contribution in [-0.4, -0.2) is 0 Å². The highest BCUT2D eigenvalue weighted by atomic mass is 16.3. The minimum absolute atomic E-state index is 0.329. The number of hydrogen-bond donors (Lipinski definition) is 0. The predicted molar refractivity (Wildman–Crippen MR) is 250 cm³/mol. The van der Waals surface area contributed by atoms with E-state index in [4.69, 9.17) is 4.42 Å². The monoisotopic (exact) mass is 757 g/mol. The van der Waals surface area contributed by atoms with E-state index >= 15 is 0 Å². The van der Waals surface area contributed by atoms with Crippen LogP contribution < -0.4 is 4.90 Å². The molecule has 0 radical (unpaired) electrons. The van der Waals surface area contributed by atoms with Crippen molar-refractivity contribution in [3.8, 4) is 44.5 Å². The minimum atomic E-state index is -0.329. The Morgan fingerprint density at radius 3 is 1.51 bits per heavy atom. The Bertz CT molecular complexity index is 3040. The lowest BCUT2D eigenvalue weighted by Crippen LogP contribution is -2.23. The van der Waals surface area contributed by atoms with Crippen LogP contribution in [0, 0.1) is 0 Å². The molecule has 10 rings (SSSR count). The largest absolute Gasteiger partial charge is 0.456 e. The van der Waals surface area contributed by atoms with Gasteiger partial charge in [0.15, 0.2) is 0 Å². The van der Waals surface area contributed by atoms with Crippen molar-refractivity contribution in [1.82, 2.24) is 0 Å². The zero-order valence-electron chi connectivity index (χ0n) is 33.3. The smallest absolute Gasteiger partial charge is 0.135 e. The second-order valence-corrected chi connectivity index (χ2v) is 16.0. The number of hydrogen-bond acceptors (Lipinski definition) is 2. The summed E-state index contributed by atoms with van der Waals surface area (Å²) in [6.45, 7) is 9.20. The number of nitrogens with zero attached hydrogens (tertiary/aromatic N) is 1. The number of allylic oxidation sites excluding steroid dienone is 4. The molecule has 1 aromatic heterocycles. The Balaban J connectivity index is 1.05. The summed E-state index contributed by atoms with van der Waals surface area (Å²) in [4.78, 5) is 2.37. The average Bonchev–Trinajstić information content (AvgIpc) is 3.67. The first-order valence-electron chi connectivity index (χ1n) is 20.3. The lowest BCUT2D eigenvalue weighted by molar-refractivity contribution is 0.662. The first-order valence-corrected chi connectivity index (χ1v) is 20.3. The number of para-hydroxylation sites is 1. The Labute approximate surface area is 346 Å². The third-order valence-corrected chi connectivity index (χ3v) is 11.7. The molecule has 0 atom stereocenters. The lowest BCUT2D eigenvalue weighted by atomic mass is 9.77. The van der Waals surface area contributed by atoms with Crippen molar-refractivity contribution in [1.29, 1.82) is 0 Å². The van der Waals surface area contributed by atoms with Gasteiger partial charge in [-0.05, 0) is 116 Å². The number of benzene rings is 8. The maximum absolute atomic E-state index is 6.14. The Hall–Kier alpha value is -7.42. The number of anilines is 2. The SMILES string of the molecule is C=C1/C=C\C(N(c2ccc(-c3ccc(-c4ccccc4)cc3)cc2)c2ccc(-c3ccc4oc5ccccc5c4c3)cc2)=CC(C)(C)c2cc(-c3ccccc3)ccc21. The summed E-state index contributed by atoms with van der Waals surface area (Å²) < 4.78 is 6.14. The molecule has 0 saturated heterocycles. The molecule has 0 aliphatic heterocycles. The van der Waals surface area contributed by atoms with Gasteiger partial charge in [0.25, 0.3) is 0 Å². The van der Waals surface area contributed by atoms with Crippen LogP contribution in [0.1, 0.15) is 25.0 Å². The van der Waals surface area contributed by atoms with E-state index in [1.807, 2.05) is 12.1 Å². The molecule has 0 amide bonds. The van der Waals surface area contributed by atoms with E-state index in [0.29, 0.717) is 0 Å². The van der Waals surface area contributed by atoms with Crippen LogP contribution in [0.3, 0.4) is 0 Å². The summed E-state index contributed by atoms with van der Waals surface area (Å²) in [6, 6.07) is 69.4. The van der Waals surface area contributed by atoms with Gasteiger partial charge >= 0.3 is 0 Å². The van der Waals surface area contributed by atoms with Crippen molar-refractivity contribution >= 4 is 38.9 Å². The molecule has 59 heavy (non-hydrogen) atoms. The average molecular weight is 758 g/mol. The summed E-state index contributed by atoms with van der Waals surface area (Å²) in [5, 5.41) is 2.26. The molecule has 2 nitrogen and oxygen atoms in total. The number of rotatable bonds is 7. The van der Waals surface area contributed by atoms with Gasteiger partial charge in [-0.15, -0.1) is 0 Å². The van der Waals surface area contributed by atoms with Crippen molar-refractivity contribution in [2.75, 3.05) is 4.90 Å². The van der Waals surface area contributed by atoms with Crippen molar-refractivity contribution in [2.24, 2.45) is 0 Å². The molecule has 0 spiro atoms. The Kier molecular flexibility index (Phi) is 9.03. The van der Waals surface area contributed by atoms with Gasteiger partial charge in [-0.3, -0.25) is 0 Å². The Morgan fingerprint density at radius 2 is 0.881 bits per heavy atom. The van der Waals surface area contributed by atoms with Crippen LogP contribution in [0.5, 0.6) is 0 Å². The summed E-state index contributed by atoms with van der Waals surface area (Å²) in [6.07, 6.45) is 6.79. The molecule has 1 aliphatic carbocycles. The summed E-state index contributed by atoms with van der Waals surface area (Å²) >= 11 is 0. The van der Waals surface area contributed by atoms with Gasteiger partial charge in [0.2, 0.25) is 0 Å². The van der Waals surface area contributed by atoms with Crippen LogP contribution in [0.25, 0.3) is 72.0 Å². The van der Waals surface area contributed by atoms with Crippen LogP contribution in [0.4, 0.5) is 11.4 Å². The molecule has 9 aromatic rings. The highest BCUT2D eigenvalue weighted by Crippen LogP contribution is 2.42. The van der Waals surface area contributed by atoms with E-state index in [1.165, 1.54) is 44.5 Å². The maximum atomic E-state index is 6.14. The molecule has 2 heteroatoms. The maximum Gasteiger partial charge on any atom is 0.135 e. The fourth-order valence-corrected chi connectivity index (χ4v) is 8.52. The number of fused-ring (bicyclic) bond motifs is 4. The molecule has 0 fully saturated rings. The normalized spacial score (nSPS) is 14.0. The third-order valence-electron chi connectivity index (χ3n) is 11.7. The van der Waals surface area contributed by atoms with Gasteiger partial charge in [-0.1, -0.05) is 178 Å². The lowest BCUT2D eigenvalue weighted by Gasteiger charge is -2.33. The fourth-order valence-electron chi connectivity index (χ4n) is 8.52. The molecule has 282 valence electrons. The molecule has 1 heterocycles. The van der Waals surface area contributed by atoms with E-state index in [9.17, 15) is 0 Å². The van der Waals surface area contributed by atoms with E-state index < -0.39 is 0 Å². The van der Waals surface area contributed by atoms with Crippen LogP contribution in [0.15, 0.2) is 229 Å². The zero-order valence-corrected chi connectivity index (χ0v) is 33.3. The summed E-state index contributed by atoms with van der Waals surface area (Å²) in [7, 11) is 0. The predicted octanol–water partition coefficient (Wildman–Crippen LogP) is 15.8. The zero-order chi connectivity index (χ0) is 39.9. The topological polar surface area (TPSA) is 16.4 Å². The Morgan fingerprint density at radius 1 is 0.424 bits per heavy atom. The highest BCUT2D eigenvalue weighted by Gasteiger charge is 2.27. The highest BCUT2D eigenvalue weighted by molar-refractivity contribution is 6.06. The van der Waals surface area contributed by atoms with E-state index in [0.717, 1.165) is 55.7 Å². The quantitative estimate of drug-likeness (QED) is 0.161. The van der Waals surface area contributed by atoms with Crippen molar-refractivity contribution in [3.63, 3.8) is 0 Å². The molecule has 0 saturated carbocycles. The van der Waals surface area contributed by atoms with Crippen molar-refractivity contribution < 1.29 is 4.42 Å². The molecule has 0 N–H and O–H groups in total. The molecular formula is C57H43NO. The van der Waals surface area contributed by atoms with Gasteiger partial charge in [0, 0.05) is 33.3 Å². The third kappa shape index (κ3) is 6.89. The van der Waals surface area contributed by atoms with E-state index in [2.05, 4.69) is 226 Å². The van der Waals surface area contributed by atoms with Gasteiger partial charge in [0.1, 0.15) is 11.2 Å².